The molecule has 5 nitrogen and oxygen atoms in total. The fourth-order valence-corrected chi connectivity index (χ4v) is 2.27. The summed E-state index contributed by atoms with van der Waals surface area (Å²) in [6.45, 7) is 0.682. The van der Waals surface area contributed by atoms with Gasteiger partial charge in [-0.3, -0.25) is 9.78 Å². The number of anilines is 2. The molecule has 1 aromatic carbocycles. The Morgan fingerprint density at radius 2 is 1.79 bits per heavy atom. The zero-order valence-corrected chi connectivity index (χ0v) is 13.4. The average Bonchev–Trinajstić information content (AvgIpc) is 2.67. The van der Waals surface area contributed by atoms with Crippen LogP contribution in [0, 0.1) is 0 Å². The quantitative estimate of drug-likeness (QED) is 0.783. The summed E-state index contributed by atoms with van der Waals surface area (Å²) in [5.41, 5.74) is 3.25. The number of pyridine rings is 2. The lowest BCUT2D eigenvalue weighted by Gasteiger charge is -2.16. The summed E-state index contributed by atoms with van der Waals surface area (Å²) in [6, 6.07) is 17.0. The number of aromatic nitrogens is 2. The number of amides is 1. The summed E-state index contributed by atoms with van der Waals surface area (Å²) in [6.07, 6.45) is 5.19. The SMILES string of the molecule is CN(C(=O)c1ccc(NCc2ccncc2)cn1)c1ccccc1. The van der Waals surface area contributed by atoms with Crippen molar-refractivity contribution >= 4 is 17.3 Å². The Bertz CT molecular complexity index is 789. The Balaban J connectivity index is 1.64. The lowest BCUT2D eigenvalue weighted by molar-refractivity contribution is 0.0988. The van der Waals surface area contributed by atoms with Gasteiger partial charge in [-0.25, -0.2) is 4.98 Å². The second-order valence-electron chi connectivity index (χ2n) is 5.34. The number of rotatable bonds is 5. The maximum Gasteiger partial charge on any atom is 0.276 e. The molecule has 5 heteroatoms. The van der Waals surface area contributed by atoms with Gasteiger partial charge in [-0.15, -0.1) is 0 Å². The van der Waals surface area contributed by atoms with Gasteiger partial charge >= 0.3 is 0 Å². The molecule has 0 aliphatic carbocycles. The standard InChI is InChI=1S/C19H18N4O/c1-23(17-5-3-2-4-6-17)19(24)18-8-7-16(14-22-18)21-13-15-9-11-20-12-10-15/h2-12,14,21H,13H2,1H3. The number of carbonyl (C=O) groups excluding carboxylic acids is 1. The molecule has 0 fully saturated rings. The van der Waals surface area contributed by atoms with Crippen LogP contribution >= 0.6 is 0 Å². The lowest BCUT2D eigenvalue weighted by atomic mass is 10.2. The second-order valence-corrected chi connectivity index (χ2v) is 5.34. The average molecular weight is 318 g/mol. The van der Waals surface area contributed by atoms with Crippen molar-refractivity contribution in [3.8, 4) is 0 Å². The van der Waals surface area contributed by atoms with Crippen molar-refractivity contribution in [2.24, 2.45) is 0 Å². The topological polar surface area (TPSA) is 58.1 Å². The number of para-hydroxylation sites is 1. The maximum absolute atomic E-state index is 12.5. The van der Waals surface area contributed by atoms with Gasteiger partial charge in [0.2, 0.25) is 0 Å². The van der Waals surface area contributed by atoms with E-state index in [2.05, 4.69) is 15.3 Å². The Labute approximate surface area is 141 Å². The van der Waals surface area contributed by atoms with Crippen molar-refractivity contribution in [3.05, 3.63) is 84.4 Å². The Morgan fingerprint density at radius 3 is 2.46 bits per heavy atom. The number of nitrogens with one attached hydrogen (secondary N) is 1. The van der Waals surface area contributed by atoms with Crippen LogP contribution in [0.25, 0.3) is 0 Å². The van der Waals surface area contributed by atoms with Crippen LogP contribution in [-0.4, -0.2) is 22.9 Å². The monoisotopic (exact) mass is 318 g/mol. The molecule has 1 amide bonds. The number of carbonyl (C=O) groups is 1. The molecule has 2 aromatic heterocycles. The Morgan fingerprint density at radius 1 is 1.04 bits per heavy atom. The largest absolute Gasteiger partial charge is 0.380 e. The fourth-order valence-electron chi connectivity index (χ4n) is 2.27. The molecule has 0 aliphatic heterocycles. The third-order valence-corrected chi connectivity index (χ3v) is 3.68. The molecule has 3 aromatic rings. The van der Waals surface area contributed by atoms with Crippen molar-refractivity contribution in [1.82, 2.24) is 9.97 Å². The smallest absolute Gasteiger partial charge is 0.276 e. The summed E-state index contributed by atoms with van der Waals surface area (Å²) in [7, 11) is 1.74. The third kappa shape index (κ3) is 3.76. The van der Waals surface area contributed by atoms with Crippen LogP contribution in [0.1, 0.15) is 16.1 Å². The molecule has 24 heavy (non-hydrogen) atoms. The second kappa shape index (κ2) is 7.37. The highest BCUT2D eigenvalue weighted by atomic mass is 16.2. The van der Waals surface area contributed by atoms with Crippen molar-refractivity contribution in [2.75, 3.05) is 17.3 Å². The molecular formula is C19H18N4O. The highest BCUT2D eigenvalue weighted by molar-refractivity contribution is 6.04. The van der Waals surface area contributed by atoms with Crippen molar-refractivity contribution in [2.45, 2.75) is 6.54 Å². The molecule has 0 atom stereocenters. The zero-order chi connectivity index (χ0) is 16.8. The van der Waals surface area contributed by atoms with Gasteiger partial charge < -0.3 is 10.2 Å². The van der Waals surface area contributed by atoms with Crippen LogP contribution in [0.4, 0.5) is 11.4 Å². The van der Waals surface area contributed by atoms with E-state index in [1.54, 1.807) is 36.6 Å². The molecule has 0 radical (unpaired) electrons. The first-order valence-corrected chi connectivity index (χ1v) is 7.66. The van der Waals surface area contributed by atoms with Crippen molar-refractivity contribution < 1.29 is 4.79 Å². The van der Waals surface area contributed by atoms with Gasteiger partial charge in [-0.1, -0.05) is 18.2 Å². The highest BCUT2D eigenvalue weighted by Crippen LogP contribution is 2.15. The van der Waals surface area contributed by atoms with Gasteiger partial charge in [0.05, 0.1) is 11.9 Å². The van der Waals surface area contributed by atoms with Crippen LogP contribution in [0.3, 0.4) is 0 Å². The van der Waals surface area contributed by atoms with Gasteiger partial charge in [0, 0.05) is 31.7 Å². The van der Waals surface area contributed by atoms with Crippen LogP contribution in [0.15, 0.2) is 73.2 Å². The van der Waals surface area contributed by atoms with E-state index in [1.165, 1.54) is 0 Å². The summed E-state index contributed by atoms with van der Waals surface area (Å²) >= 11 is 0. The maximum atomic E-state index is 12.5. The van der Waals surface area contributed by atoms with Crippen LogP contribution in [-0.2, 0) is 6.54 Å². The number of hydrogen-bond acceptors (Lipinski definition) is 4. The van der Waals surface area contributed by atoms with Crippen LogP contribution < -0.4 is 10.2 Å². The van der Waals surface area contributed by atoms with Crippen LogP contribution in [0.2, 0.25) is 0 Å². The van der Waals surface area contributed by atoms with E-state index in [-0.39, 0.29) is 5.91 Å². The van der Waals surface area contributed by atoms with E-state index in [0.717, 1.165) is 16.9 Å². The van der Waals surface area contributed by atoms with Crippen molar-refractivity contribution in [1.29, 1.82) is 0 Å². The van der Waals surface area contributed by atoms with E-state index >= 15 is 0 Å². The Hall–Kier alpha value is -3.21. The van der Waals surface area contributed by atoms with E-state index in [4.69, 9.17) is 0 Å². The van der Waals surface area contributed by atoms with Gasteiger partial charge in [0.15, 0.2) is 0 Å². The molecule has 1 N–H and O–H groups in total. The van der Waals surface area contributed by atoms with Gasteiger partial charge in [-0.05, 0) is 42.0 Å². The normalized spacial score (nSPS) is 10.2. The Kier molecular flexibility index (Phi) is 4.81. The first-order valence-electron chi connectivity index (χ1n) is 7.66. The van der Waals surface area contributed by atoms with E-state index < -0.39 is 0 Å². The molecule has 0 spiro atoms. The molecule has 0 saturated heterocycles. The predicted molar refractivity (Wildman–Crippen MR) is 95.0 cm³/mol. The molecule has 120 valence electrons. The first-order chi connectivity index (χ1) is 11.7. The van der Waals surface area contributed by atoms with Gasteiger partial charge in [0.1, 0.15) is 5.69 Å². The lowest BCUT2D eigenvalue weighted by Crippen LogP contribution is -2.26. The van der Waals surface area contributed by atoms with Crippen molar-refractivity contribution in [3.63, 3.8) is 0 Å². The summed E-state index contributed by atoms with van der Waals surface area (Å²) in [5, 5.41) is 3.27. The first kappa shape index (κ1) is 15.7. The van der Waals surface area contributed by atoms with E-state index in [1.807, 2.05) is 48.5 Å². The van der Waals surface area contributed by atoms with E-state index in [0.29, 0.717) is 12.2 Å². The van der Waals surface area contributed by atoms with E-state index in [9.17, 15) is 4.79 Å². The van der Waals surface area contributed by atoms with Crippen LogP contribution in [0.5, 0.6) is 0 Å². The third-order valence-electron chi connectivity index (χ3n) is 3.68. The fraction of sp³-hybridized carbons (Fsp3) is 0.105. The van der Waals surface area contributed by atoms with Gasteiger partial charge in [-0.2, -0.15) is 0 Å². The minimum atomic E-state index is -0.137. The molecule has 0 aliphatic rings. The highest BCUT2D eigenvalue weighted by Gasteiger charge is 2.14. The molecular weight excluding hydrogens is 300 g/mol. The molecule has 0 saturated carbocycles. The number of benzene rings is 1. The minimum Gasteiger partial charge on any atom is -0.380 e. The summed E-state index contributed by atoms with van der Waals surface area (Å²) in [5.74, 6) is -0.137. The number of hydrogen-bond donors (Lipinski definition) is 1. The number of nitrogens with zero attached hydrogens (tertiary/aromatic N) is 3. The molecule has 2 heterocycles. The van der Waals surface area contributed by atoms with Gasteiger partial charge in [0.25, 0.3) is 5.91 Å². The summed E-state index contributed by atoms with van der Waals surface area (Å²) < 4.78 is 0. The molecule has 3 rings (SSSR count). The zero-order valence-electron chi connectivity index (χ0n) is 13.4. The summed E-state index contributed by atoms with van der Waals surface area (Å²) in [4.78, 5) is 22.3. The minimum absolute atomic E-state index is 0.137. The molecule has 0 bridgehead atoms. The predicted octanol–water partition coefficient (Wildman–Crippen LogP) is 3.37. The molecule has 0 unspecified atom stereocenters.